The molecule has 1 aliphatic rings. The summed E-state index contributed by atoms with van der Waals surface area (Å²) >= 11 is 0. The Morgan fingerprint density at radius 2 is 2.31 bits per heavy atom. The molecule has 2 rings (SSSR count). The monoisotopic (exact) mass is 223 g/mol. The summed E-state index contributed by atoms with van der Waals surface area (Å²) in [6.07, 6.45) is 5.28. The van der Waals surface area contributed by atoms with Gasteiger partial charge in [0.05, 0.1) is 6.20 Å². The number of hydrogen-bond acceptors (Lipinski definition) is 2. The van der Waals surface area contributed by atoms with Gasteiger partial charge in [-0.3, -0.25) is 4.68 Å². The van der Waals surface area contributed by atoms with Crippen LogP contribution in [0.15, 0.2) is 12.4 Å². The maximum Gasteiger partial charge on any atom is 0.0524 e. The van der Waals surface area contributed by atoms with Crippen LogP contribution < -0.4 is 5.73 Å². The highest BCUT2D eigenvalue weighted by molar-refractivity contribution is 5.85. The first kappa shape index (κ1) is 12.8. The van der Waals surface area contributed by atoms with Crippen molar-refractivity contribution in [1.82, 2.24) is 9.78 Å². The number of hydrogen-bond donors (Lipinski definition) is 1. The zero-order valence-electron chi connectivity index (χ0n) is 7.51. The van der Waals surface area contributed by atoms with Crippen LogP contribution in [-0.2, 0) is 7.05 Å². The average molecular weight is 224 g/mol. The second-order valence-corrected chi connectivity index (χ2v) is 3.29. The van der Waals surface area contributed by atoms with Gasteiger partial charge in [-0.2, -0.15) is 5.10 Å². The second-order valence-electron chi connectivity index (χ2n) is 3.29. The summed E-state index contributed by atoms with van der Waals surface area (Å²) in [4.78, 5) is 0. The van der Waals surface area contributed by atoms with Crippen molar-refractivity contribution in [2.75, 3.05) is 6.54 Å². The summed E-state index contributed by atoms with van der Waals surface area (Å²) in [5.41, 5.74) is 6.89. The van der Waals surface area contributed by atoms with Crippen molar-refractivity contribution in [3.8, 4) is 0 Å². The van der Waals surface area contributed by atoms with Crippen molar-refractivity contribution in [3.05, 3.63) is 18.0 Å². The molecule has 0 bridgehead atoms. The molecule has 3 nitrogen and oxygen atoms in total. The summed E-state index contributed by atoms with van der Waals surface area (Å²) in [7, 11) is 1.95. The molecular formula is C8H15Cl2N3. The fourth-order valence-corrected chi connectivity index (χ4v) is 1.55. The predicted molar refractivity (Wildman–Crippen MR) is 57.6 cm³/mol. The van der Waals surface area contributed by atoms with Crippen LogP contribution in [0.2, 0.25) is 0 Å². The molecule has 1 fully saturated rings. The van der Waals surface area contributed by atoms with E-state index >= 15 is 0 Å². The topological polar surface area (TPSA) is 43.8 Å². The molecule has 1 aromatic heterocycles. The third kappa shape index (κ3) is 2.59. The molecule has 13 heavy (non-hydrogen) atoms. The van der Waals surface area contributed by atoms with Gasteiger partial charge in [-0.1, -0.05) is 0 Å². The van der Waals surface area contributed by atoms with Gasteiger partial charge in [0.25, 0.3) is 0 Å². The van der Waals surface area contributed by atoms with Crippen LogP contribution in [0.5, 0.6) is 0 Å². The van der Waals surface area contributed by atoms with Crippen molar-refractivity contribution < 1.29 is 0 Å². The van der Waals surface area contributed by atoms with E-state index in [4.69, 9.17) is 5.73 Å². The highest BCUT2D eigenvalue weighted by Gasteiger charge is 2.37. The first-order valence-electron chi connectivity index (χ1n) is 4.00. The molecule has 5 heteroatoms. The summed E-state index contributed by atoms with van der Waals surface area (Å²) in [6, 6.07) is 0. The molecule has 0 aromatic carbocycles. The van der Waals surface area contributed by atoms with Crippen molar-refractivity contribution >= 4 is 24.8 Å². The van der Waals surface area contributed by atoms with Gasteiger partial charge < -0.3 is 5.73 Å². The van der Waals surface area contributed by atoms with Crippen LogP contribution in [0.4, 0.5) is 0 Å². The smallest absolute Gasteiger partial charge is 0.0524 e. The van der Waals surface area contributed by atoms with Gasteiger partial charge in [0, 0.05) is 13.2 Å². The highest BCUT2D eigenvalue weighted by atomic mass is 35.5. The van der Waals surface area contributed by atoms with E-state index in [0.29, 0.717) is 5.92 Å². The first-order valence-corrected chi connectivity index (χ1v) is 4.00. The second kappa shape index (κ2) is 4.84. The lowest BCUT2D eigenvalue weighted by molar-refractivity contribution is 0.765. The molecule has 1 saturated carbocycles. The lowest BCUT2D eigenvalue weighted by atomic mass is 10.2. The Bertz CT molecular complexity index is 262. The Morgan fingerprint density at radius 1 is 1.62 bits per heavy atom. The van der Waals surface area contributed by atoms with Crippen LogP contribution in [0.3, 0.4) is 0 Å². The van der Waals surface area contributed by atoms with Gasteiger partial charge in [0.15, 0.2) is 0 Å². The number of rotatable bonds is 2. The Kier molecular flexibility index (Phi) is 4.75. The van der Waals surface area contributed by atoms with Crippen molar-refractivity contribution in [2.45, 2.75) is 12.3 Å². The van der Waals surface area contributed by atoms with E-state index < -0.39 is 0 Å². The van der Waals surface area contributed by atoms with Gasteiger partial charge in [-0.05, 0) is 30.4 Å². The van der Waals surface area contributed by atoms with Gasteiger partial charge in [-0.15, -0.1) is 24.8 Å². The molecular weight excluding hydrogens is 209 g/mol. The number of aryl methyl sites for hydroxylation is 1. The van der Waals surface area contributed by atoms with Crippen LogP contribution in [0.25, 0.3) is 0 Å². The molecule has 76 valence electrons. The van der Waals surface area contributed by atoms with E-state index in [9.17, 15) is 0 Å². The predicted octanol–water partition coefficient (Wildman–Crippen LogP) is 1.33. The van der Waals surface area contributed by atoms with Crippen molar-refractivity contribution in [1.29, 1.82) is 0 Å². The van der Waals surface area contributed by atoms with E-state index in [-0.39, 0.29) is 24.8 Å². The standard InChI is InChI=1S/C8H13N3.2ClH/c1-11-5-7(4-10-11)8-2-6(8)3-9;;/h4-6,8H,2-3,9H2,1H3;2*1H. The maximum atomic E-state index is 5.54. The van der Waals surface area contributed by atoms with E-state index in [1.807, 2.05) is 17.9 Å². The highest BCUT2D eigenvalue weighted by Crippen LogP contribution is 2.46. The quantitative estimate of drug-likeness (QED) is 0.823. The van der Waals surface area contributed by atoms with Crippen molar-refractivity contribution in [2.24, 2.45) is 18.7 Å². The third-order valence-corrected chi connectivity index (χ3v) is 2.38. The van der Waals surface area contributed by atoms with E-state index in [1.54, 1.807) is 0 Å². The number of aromatic nitrogens is 2. The van der Waals surface area contributed by atoms with E-state index in [2.05, 4.69) is 11.3 Å². The lowest BCUT2D eigenvalue weighted by Crippen LogP contribution is -2.01. The van der Waals surface area contributed by atoms with Crippen LogP contribution in [0, 0.1) is 5.92 Å². The van der Waals surface area contributed by atoms with Crippen LogP contribution in [-0.4, -0.2) is 16.3 Å². The number of nitrogens with two attached hydrogens (primary N) is 1. The molecule has 1 aromatic rings. The SMILES string of the molecule is Cl.Cl.Cn1cc(C2CC2CN)cn1. The summed E-state index contributed by atoms with van der Waals surface area (Å²) in [6.45, 7) is 0.819. The Morgan fingerprint density at radius 3 is 2.69 bits per heavy atom. The molecule has 0 radical (unpaired) electrons. The van der Waals surface area contributed by atoms with Crippen LogP contribution >= 0.6 is 24.8 Å². The number of halogens is 2. The molecule has 1 aliphatic carbocycles. The normalized spacial score (nSPS) is 24.5. The summed E-state index contributed by atoms with van der Waals surface area (Å²) in [5, 5.41) is 4.12. The molecule has 2 N–H and O–H groups in total. The van der Waals surface area contributed by atoms with Crippen LogP contribution in [0.1, 0.15) is 17.9 Å². The minimum absolute atomic E-state index is 0. The van der Waals surface area contributed by atoms with Crippen molar-refractivity contribution in [3.63, 3.8) is 0 Å². The average Bonchev–Trinajstić information content (AvgIpc) is 2.68. The molecule has 1 heterocycles. The first-order chi connectivity index (χ1) is 5.31. The molecule has 2 unspecified atom stereocenters. The largest absolute Gasteiger partial charge is 0.330 e. The Balaban J connectivity index is 0.000000720. The minimum atomic E-state index is 0. The fraction of sp³-hybridized carbons (Fsp3) is 0.625. The van der Waals surface area contributed by atoms with E-state index in [0.717, 1.165) is 12.5 Å². The maximum absolute atomic E-state index is 5.54. The lowest BCUT2D eigenvalue weighted by Gasteiger charge is -1.90. The summed E-state index contributed by atoms with van der Waals surface area (Å²) < 4.78 is 1.85. The fourth-order valence-electron chi connectivity index (χ4n) is 1.55. The zero-order chi connectivity index (χ0) is 7.84. The van der Waals surface area contributed by atoms with Gasteiger partial charge >= 0.3 is 0 Å². The zero-order valence-corrected chi connectivity index (χ0v) is 9.14. The minimum Gasteiger partial charge on any atom is -0.330 e. The van der Waals surface area contributed by atoms with Gasteiger partial charge in [0.1, 0.15) is 0 Å². The van der Waals surface area contributed by atoms with E-state index in [1.165, 1.54) is 12.0 Å². The molecule has 0 aliphatic heterocycles. The number of nitrogens with zero attached hydrogens (tertiary/aromatic N) is 2. The Labute approximate surface area is 90.5 Å². The molecule has 0 saturated heterocycles. The molecule has 0 spiro atoms. The third-order valence-electron chi connectivity index (χ3n) is 2.38. The van der Waals surface area contributed by atoms with Gasteiger partial charge in [0.2, 0.25) is 0 Å². The molecule has 0 amide bonds. The Hall–Kier alpha value is -0.250. The molecule has 2 atom stereocenters. The van der Waals surface area contributed by atoms with Gasteiger partial charge in [-0.25, -0.2) is 0 Å². The summed E-state index contributed by atoms with van der Waals surface area (Å²) in [5.74, 6) is 1.42.